The van der Waals surface area contributed by atoms with Crippen LogP contribution >= 0.6 is 35.4 Å². The SMILES string of the molecule is N#CC(=Cc1cc(Cl)cc(Cl)c1O)C(N)=S. The summed E-state index contributed by atoms with van der Waals surface area (Å²) in [4.78, 5) is -0.0574. The molecule has 0 aliphatic carbocycles. The van der Waals surface area contributed by atoms with Crippen LogP contribution in [0.25, 0.3) is 6.08 Å². The van der Waals surface area contributed by atoms with E-state index in [0.717, 1.165) is 0 Å². The average molecular weight is 273 g/mol. The van der Waals surface area contributed by atoms with E-state index in [2.05, 4.69) is 12.2 Å². The van der Waals surface area contributed by atoms with Crippen LogP contribution in [0.1, 0.15) is 5.56 Å². The molecule has 0 unspecified atom stereocenters. The third-order valence-corrected chi connectivity index (χ3v) is 2.47. The average Bonchev–Trinajstić information content (AvgIpc) is 2.20. The minimum atomic E-state index is -0.171. The van der Waals surface area contributed by atoms with Gasteiger partial charge in [-0.15, -0.1) is 0 Å². The molecular formula is C10H6Cl2N2OS. The first-order valence-electron chi connectivity index (χ1n) is 4.05. The summed E-state index contributed by atoms with van der Waals surface area (Å²) < 4.78 is 0. The Bertz CT molecular complexity index is 520. The number of hydrogen-bond donors (Lipinski definition) is 2. The second-order valence-corrected chi connectivity index (χ2v) is 4.14. The molecule has 0 spiro atoms. The molecule has 1 aromatic carbocycles. The van der Waals surface area contributed by atoms with Gasteiger partial charge in [0, 0.05) is 10.6 Å². The summed E-state index contributed by atoms with van der Waals surface area (Å²) in [5.41, 5.74) is 5.68. The fourth-order valence-corrected chi connectivity index (χ4v) is 1.62. The van der Waals surface area contributed by atoms with Crippen molar-refractivity contribution in [3.63, 3.8) is 0 Å². The van der Waals surface area contributed by atoms with Crippen LogP contribution in [0.4, 0.5) is 0 Å². The highest BCUT2D eigenvalue weighted by Crippen LogP contribution is 2.32. The van der Waals surface area contributed by atoms with E-state index >= 15 is 0 Å². The van der Waals surface area contributed by atoms with E-state index in [1.165, 1.54) is 18.2 Å². The number of nitriles is 1. The molecule has 0 aromatic heterocycles. The van der Waals surface area contributed by atoms with Crippen molar-refractivity contribution in [2.75, 3.05) is 0 Å². The van der Waals surface area contributed by atoms with Gasteiger partial charge in [0.2, 0.25) is 0 Å². The number of phenolic OH excluding ortho intramolecular Hbond substituents is 1. The zero-order chi connectivity index (χ0) is 12.3. The summed E-state index contributed by atoms with van der Waals surface area (Å²) >= 11 is 16.1. The fourth-order valence-electron chi connectivity index (χ4n) is 1.01. The number of nitrogens with two attached hydrogens (primary N) is 1. The zero-order valence-electron chi connectivity index (χ0n) is 7.87. The molecule has 0 bridgehead atoms. The quantitative estimate of drug-likeness (QED) is 0.494. The van der Waals surface area contributed by atoms with Crippen LogP contribution < -0.4 is 5.73 Å². The summed E-state index contributed by atoms with van der Waals surface area (Å²) in [5.74, 6) is -0.171. The predicted molar refractivity (Wildman–Crippen MR) is 68.5 cm³/mol. The molecule has 6 heteroatoms. The molecule has 0 saturated heterocycles. The molecule has 82 valence electrons. The fraction of sp³-hybridized carbons (Fsp3) is 0. The number of nitrogens with zero attached hydrogens (tertiary/aromatic N) is 1. The van der Waals surface area contributed by atoms with Crippen LogP contribution in [0.3, 0.4) is 0 Å². The van der Waals surface area contributed by atoms with E-state index in [-0.39, 0.29) is 21.3 Å². The highest BCUT2D eigenvalue weighted by atomic mass is 35.5. The maximum Gasteiger partial charge on any atom is 0.141 e. The lowest BCUT2D eigenvalue weighted by molar-refractivity contribution is 0.474. The second kappa shape index (κ2) is 5.17. The van der Waals surface area contributed by atoms with Crippen LogP contribution in [-0.4, -0.2) is 10.1 Å². The summed E-state index contributed by atoms with van der Waals surface area (Å²) in [7, 11) is 0. The lowest BCUT2D eigenvalue weighted by atomic mass is 10.1. The Kier molecular flexibility index (Phi) is 4.13. The number of hydrogen-bond acceptors (Lipinski definition) is 3. The van der Waals surface area contributed by atoms with Crippen molar-refractivity contribution < 1.29 is 5.11 Å². The molecule has 0 radical (unpaired) electrons. The summed E-state index contributed by atoms with van der Waals surface area (Å²) in [6.45, 7) is 0. The van der Waals surface area contributed by atoms with Gasteiger partial charge in [0.05, 0.1) is 10.6 Å². The molecule has 3 nitrogen and oxygen atoms in total. The minimum Gasteiger partial charge on any atom is -0.506 e. The second-order valence-electron chi connectivity index (χ2n) is 2.86. The van der Waals surface area contributed by atoms with Gasteiger partial charge in [0.1, 0.15) is 16.8 Å². The lowest BCUT2D eigenvalue weighted by Gasteiger charge is -2.03. The van der Waals surface area contributed by atoms with Crippen molar-refractivity contribution >= 4 is 46.5 Å². The van der Waals surface area contributed by atoms with E-state index in [1.807, 2.05) is 6.07 Å². The topological polar surface area (TPSA) is 70.0 Å². The summed E-state index contributed by atoms with van der Waals surface area (Å²) in [6, 6.07) is 4.66. The van der Waals surface area contributed by atoms with Gasteiger partial charge in [0.25, 0.3) is 0 Å². The third-order valence-electron chi connectivity index (χ3n) is 1.74. The monoisotopic (exact) mass is 272 g/mol. The third kappa shape index (κ3) is 2.86. The molecule has 1 aromatic rings. The molecule has 0 saturated carbocycles. The molecule has 0 aliphatic rings. The largest absolute Gasteiger partial charge is 0.506 e. The van der Waals surface area contributed by atoms with Crippen LogP contribution in [0.2, 0.25) is 10.0 Å². The van der Waals surface area contributed by atoms with Gasteiger partial charge in [-0.3, -0.25) is 0 Å². The van der Waals surface area contributed by atoms with Crippen LogP contribution in [0, 0.1) is 11.3 Å². The highest BCUT2D eigenvalue weighted by Gasteiger charge is 2.08. The molecule has 0 atom stereocenters. The Morgan fingerprint density at radius 1 is 1.50 bits per heavy atom. The van der Waals surface area contributed by atoms with Crippen molar-refractivity contribution in [2.45, 2.75) is 0 Å². The minimum absolute atomic E-state index is 0.0574. The van der Waals surface area contributed by atoms with Crippen molar-refractivity contribution in [1.82, 2.24) is 0 Å². The standard InChI is InChI=1S/C10H6Cl2N2OS/c11-7-2-5(9(15)8(12)3-7)1-6(4-13)10(14)16/h1-3,15H,(H2,14,16). The van der Waals surface area contributed by atoms with E-state index in [0.29, 0.717) is 10.6 Å². The number of benzene rings is 1. The van der Waals surface area contributed by atoms with E-state index in [9.17, 15) is 5.11 Å². The Balaban J connectivity index is 3.35. The number of thiocarbonyl (C=S) groups is 1. The summed E-state index contributed by atoms with van der Waals surface area (Å²) in [6.07, 6.45) is 1.33. The van der Waals surface area contributed by atoms with Crippen LogP contribution in [0.15, 0.2) is 17.7 Å². The van der Waals surface area contributed by atoms with Crippen molar-refractivity contribution in [3.8, 4) is 11.8 Å². The normalized spacial score (nSPS) is 10.9. The van der Waals surface area contributed by atoms with Gasteiger partial charge >= 0.3 is 0 Å². The van der Waals surface area contributed by atoms with Gasteiger partial charge in [-0.05, 0) is 18.2 Å². The molecule has 0 fully saturated rings. The molecule has 3 N–H and O–H groups in total. The van der Waals surface area contributed by atoms with E-state index < -0.39 is 0 Å². The van der Waals surface area contributed by atoms with Crippen LogP contribution in [0.5, 0.6) is 5.75 Å². The van der Waals surface area contributed by atoms with Crippen molar-refractivity contribution in [3.05, 3.63) is 33.3 Å². The first-order valence-corrected chi connectivity index (χ1v) is 5.21. The Labute approximate surface area is 108 Å². The molecule has 0 aliphatic heterocycles. The molecular weight excluding hydrogens is 267 g/mol. The lowest BCUT2D eigenvalue weighted by Crippen LogP contribution is -2.09. The van der Waals surface area contributed by atoms with Gasteiger partial charge < -0.3 is 10.8 Å². The zero-order valence-corrected chi connectivity index (χ0v) is 10.2. The smallest absolute Gasteiger partial charge is 0.141 e. The first-order chi connectivity index (χ1) is 7.45. The van der Waals surface area contributed by atoms with Gasteiger partial charge in [-0.2, -0.15) is 5.26 Å². The van der Waals surface area contributed by atoms with Crippen molar-refractivity contribution in [1.29, 1.82) is 5.26 Å². The Hall–Kier alpha value is -1.28. The predicted octanol–water partition coefficient (Wildman–Crippen LogP) is 2.89. The molecule has 1 rings (SSSR count). The maximum atomic E-state index is 9.62. The number of halogens is 2. The number of rotatable bonds is 2. The van der Waals surface area contributed by atoms with Crippen LogP contribution in [-0.2, 0) is 0 Å². The maximum absolute atomic E-state index is 9.62. The Morgan fingerprint density at radius 2 is 2.12 bits per heavy atom. The number of phenols is 1. The summed E-state index contributed by atoms with van der Waals surface area (Å²) in [5, 5.41) is 18.8. The van der Waals surface area contributed by atoms with Gasteiger partial charge in [-0.1, -0.05) is 35.4 Å². The molecule has 0 heterocycles. The molecule has 0 amide bonds. The van der Waals surface area contributed by atoms with Gasteiger partial charge in [0.15, 0.2) is 0 Å². The van der Waals surface area contributed by atoms with Crippen molar-refractivity contribution in [2.24, 2.45) is 5.73 Å². The highest BCUT2D eigenvalue weighted by molar-refractivity contribution is 7.80. The van der Waals surface area contributed by atoms with E-state index in [1.54, 1.807) is 0 Å². The number of aromatic hydroxyl groups is 1. The van der Waals surface area contributed by atoms with Gasteiger partial charge in [-0.25, -0.2) is 0 Å². The Morgan fingerprint density at radius 3 is 2.62 bits per heavy atom. The first kappa shape index (κ1) is 12.8. The molecule has 16 heavy (non-hydrogen) atoms. The van der Waals surface area contributed by atoms with E-state index in [4.69, 9.17) is 34.2 Å².